The normalized spacial score (nSPS) is 10.6. The van der Waals surface area contributed by atoms with Crippen LogP contribution in [0.1, 0.15) is 21.7 Å². The lowest BCUT2D eigenvalue weighted by molar-refractivity contribution is 0.0953. The van der Waals surface area contributed by atoms with E-state index in [1.807, 2.05) is 17.8 Å². The first-order valence-electron chi connectivity index (χ1n) is 6.29. The smallest absolute Gasteiger partial charge is 0.251 e. The molecule has 1 heterocycles. The minimum Gasteiger partial charge on any atom is -0.398 e. The number of rotatable bonds is 4. The molecule has 0 aliphatic carbocycles. The summed E-state index contributed by atoms with van der Waals surface area (Å²) in [5.41, 5.74) is 6.51. The number of anilines is 1. The average Bonchev–Trinajstić information content (AvgIpc) is 2.81. The average molecular weight is 276 g/mol. The number of nitrogens with two attached hydrogens (primary N) is 1. The van der Waals surface area contributed by atoms with Crippen molar-refractivity contribution in [1.82, 2.24) is 14.9 Å². The zero-order chi connectivity index (χ0) is 14.7. The Balaban J connectivity index is 1.97. The Morgan fingerprint density at radius 1 is 1.50 bits per heavy atom. The van der Waals surface area contributed by atoms with E-state index in [1.54, 1.807) is 13.1 Å². The fraction of sp³-hybridized carbons (Fsp3) is 0.286. The molecule has 0 radical (unpaired) electrons. The molecular formula is C14H17FN4O. The van der Waals surface area contributed by atoms with E-state index in [4.69, 9.17) is 5.73 Å². The summed E-state index contributed by atoms with van der Waals surface area (Å²) in [6.45, 7) is 2.01. The number of hydrogen-bond donors (Lipinski definition) is 2. The standard InChI is InChI=1S/C14H17FN4O/c1-9-11(15)7-10(8-12(9)16)14(20)18-4-3-13-17-5-6-19(13)2/h5-8H,3-4,16H2,1-2H3,(H,18,20). The maximum atomic E-state index is 13.5. The fourth-order valence-electron chi connectivity index (χ4n) is 1.86. The van der Waals surface area contributed by atoms with Gasteiger partial charge >= 0.3 is 0 Å². The molecule has 0 spiro atoms. The monoisotopic (exact) mass is 276 g/mol. The van der Waals surface area contributed by atoms with Gasteiger partial charge in [0, 0.05) is 49.2 Å². The highest BCUT2D eigenvalue weighted by Gasteiger charge is 2.11. The van der Waals surface area contributed by atoms with Crippen molar-refractivity contribution in [3.8, 4) is 0 Å². The third kappa shape index (κ3) is 2.96. The molecule has 1 aromatic carbocycles. The molecule has 2 aromatic rings. The van der Waals surface area contributed by atoms with Crippen LogP contribution >= 0.6 is 0 Å². The molecule has 0 saturated heterocycles. The Morgan fingerprint density at radius 3 is 2.85 bits per heavy atom. The van der Waals surface area contributed by atoms with Crippen molar-refractivity contribution in [3.63, 3.8) is 0 Å². The zero-order valence-electron chi connectivity index (χ0n) is 11.5. The van der Waals surface area contributed by atoms with Crippen LogP contribution in [0.2, 0.25) is 0 Å². The third-order valence-electron chi connectivity index (χ3n) is 3.20. The summed E-state index contributed by atoms with van der Waals surface area (Å²) in [6.07, 6.45) is 4.15. The van der Waals surface area contributed by atoms with Crippen LogP contribution in [0.3, 0.4) is 0 Å². The molecule has 2 rings (SSSR count). The van der Waals surface area contributed by atoms with E-state index in [2.05, 4.69) is 10.3 Å². The van der Waals surface area contributed by atoms with Gasteiger partial charge in [-0.2, -0.15) is 0 Å². The van der Waals surface area contributed by atoms with Gasteiger partial charge in [-0.25, -0.2) is 9.37 Å². The second kappa shape index (κ2) is 5.73. The van der Waals surface area contributed by atoms with Gasteiger partial charge < -0.3 is 15.6 Å². The molecule has 0 aliphatic heterocycles. The van der Waals surface area contributed by atoms with E-state index in [0.29, 0.717) is 18.5 Å². The SMILES string of the molecule is Cc1c(N)cc(C(=O)NCCc2nccn2C)cc1F. The Kier molecular flexibility index (Phi) is 4.02. The van der Waals surface area contributed by atoms with E-state index in [9.17, 15) is 9.18 Å². The van der Waals surface area contributed by atoms with Gasteiger partial charge in [-0.15, -0.1) is 0 Å². The number of amides is 1. The lowest BCUT2D eigenvalue weighted by atomic mass is 10.1. The molecule has 106 valence electrons. The Hall–Kier alpha value is -2.37. The molecule has 3 N–H and O–H groups in total. The lowest BCUT2D eigenvalue weighted by Gasteiger charge is -2.08. The minimum atomic E-state index is -0.473. The highest BCUT2D eigenvalue weighted by Crippen LogP contribution is 2.17. The van der Waals surface area contributed by atoms with Gasteiger partial charge in [0.15, 0.2) is 0 Å². The van der Waals surface area contributed by atoms with Crippen LogP contribution in [0.15, 0.2) is 24.5 Å². The van der Waals surface area contributed by atoms with Gasteiger partial charge in [0.05, 0.1) is 0 Å². The predicted molar refractivity (Wildman–Crippen MR) is 74.8 cm³/mol. The lowest BCUT2D eigenvalue weighted by Crippen LogP contribution is -2.26. The number of nitrogen functional groups attached to an aromatic ring is 1. The van der Waals surface area contributed by atoms with Crippen LogP contribution in [0.25, 0.3) is 0 Å². The van der Waals surface area contributed by atoms with E-state index < -0.39 is 5.82 Å². The molecule has 1 aromatic heterocycles. The molecule has 0 fully saturated rings. The minimum absolute atomic E-state index is 0.227. The molecule has 0 bridgehead atoms. The molecule has 0 unspecified atom stereocenters. The molecular weight excluding hydrogens is 259 g/mol. The largest absolute Gasteiger partial charge is 0.398 e. The van der Waals surface area contributed by atoms with Gasteiger partial charge in [-0.1, -0.05) is 0 Å². The predicted octanol–water partition coefficient (Wildman–Crippen LogP) is 1.42. The van der Waals surface area contributed by atoms with Crippen LogP contribution in [0.4, 0.5) is 10.1 Å². The summed E-state index contributed by atoms with van der Waals surface area (Å²) in [5, 5.41) is 2.72. The quantitative estimate of drug-likeness (QED) is 0.830. The summed E-state index contributed by atoms with van der Waals surface area (Å²) in [4.78, 5) is 16.1. The summed E-state index contributed by atoms with van der Waals surface area (Å²) in [7, 11) is 1.89. The maximum absolute atomic E-state index is 13.5. The molecule has 0 saturated carbocycles. The van der Waals surface area contributed by atoms with E-state index in [1.165, 1.54) is 12.1 Å². The first-order chi connectivity index (χ1) is 9.49. The Morgan fingerprint density at radius 2 is 2.25 bits per heavy atom. The van der Waals surface area contributed by atoms with Crippen LogP contribution in [0, 0.1) is 12.7 Å². The van der Waals surface area contributed by atoms with E-state index in [-0.39, 0.29) is 17.2 Å². The van der Waals surface area contributed by atoms with Crippen molar-refractivity contribution in [2.75, 3.05) is 12.3 Å². The van der Waals surface area contributed by atoms with Crippen LogP contribution in [0.5, 0.6) is 0 Å². The van der Waals surface area contributed by atoms with Crippen LogP contribution < -0.4 is 11.1 Å². The number of carbonyl (C=O) groups is 1. The molecule has 0 aliphatic rings. The molecule has 0 atom stereocenters. The Labute approximate surface area is 116 Å². The van der Waals surface area contributed by atoms with Gasteiger partial charge in [-0.05, 0) is 19.1 Å². The summed E-state index contributed by atoms with van der Waals surface area (Å²) >= 11 is 0. The van der Waals surface area contributed by atoms with Crippen molar-refractivity contribution in [1.29, 1.82) is 0 Å². The number of halogens is 1. The zero-order valence-corrected chi connectivity index (χ0v) is 11.5. The molecule has 6 heteroatoms. The highest BCUT2D eigenvalue weighted by molar-refractivity contribution is 5.95. The maximum Gasteiger partial charge on any atom is 0.251 e. The number of hydrogen-bond acceptors (Lipinski definition) is 3. The summed E-state index contributed by atoms with van der Waals surface area (Å²) in [6, 6.07) is 2.68. The van der Waals surface area contributed by atoms with E-state index >= 15 is 0 Å². The van der Waals surface area contributed by atoms with Crippen molar-refractivity contribution in [3.05, 3.63) is 47.3 Å². The second-order valence-corrected chi connectivity index (χ2v) is 4.63. The number of imidazole rings is 1. The van der Waals surface area contributed by atoms with Gasteiger partial charge in [0.2, 0.25) is 0 Å². The third-order valence-corrected chi connectivity index (χ3v) is 3.20. The van der Waals surface area contributed by atoms with Gasteiger partial charge in [0.25, 0.3) is 5.91 Å². The van der Waals surface area contributed by atoms with Crippen LogP contribution in [-0.4, -0.2) is 22.0 Å². The van der Waals surface area contributed by atoms with E-state index in [0.717, 1.165) is 5.82 Å². The van der Waals surface area contributed by atoms with Gasteiger partial charge in [0.1, 0.15) is 11.6 Å². The summed E-state index contributed by atoms with van der Waals surface area (Å²) < 4.78 is 15.4. The first kappa shape index (κ1) is 14.0. The van der Waals surface area contributed by atoms with Gasteiger partial charge in [-0.3, -0.25) is 4.79 Å². The van der Waals surface area contributed by atoms with Crippen molar-refractivity contribution < 1.29 is 9.18 Å². The highest BCUT2D eigenvalue weighted by atomic mass is 19.1. The molecule has 5 nitrogen and oxygen atoms in total. The topological polar surface area (TPSA) is 72.9 Å². The number of nitrogens with one attached hydrogen (secondary N) is 1. The molecule has 20 heavy (non-hydrogen) atoms. The molecule has 1 amide bonds. The van der Waals surface area contributed by atoms with Crippen molar-refractivity contribution >= 4 is 11.6 Å². The first-order valence-corrected chi connectivity index (χ1v) is 6.29. The Bertz CT molecular complexity index is 613. The number of aromatic nitrogens is 2. The second-order valence-electron chi connectivity index (χ2n) is 4.63. The number of aryl methyl sites for hydroxylation is 1. The fourth-order valence-corrected chi connectivity index (χ4v) is 1.86. The van der Waals surface area contributed by atoms with Crippen molar-refractivity contribution in [2.24, 2.45) is 7.05 Å². The number of carbonyl (C=O) groups excluding carboxylic acids is 1. The van der Waals surface area contributed by atoms with Crippen molar-refractivity contribution in [2.45, 2.75) is 13.3 Å². The number of benzene rings is 1. The van der Waals surface area contributed by atoms with Crippen LogP contribution in [-0.2, 0) is 13.5 Å². The summed E-state index contributed by atoms with van der Waals surface area (Å²) in [5.74, 6) is 0.0592. The number of nitrogens with zero attached hydrogens (tertiary/aromatic N) is 2.